The molecular formula is C19H29BrN2O3. The van der Waals surface area contributed by atoms with Crippen molar-refractivity contribution in [2.75, 3.05) is 5.32 Å². The lowest BCUT2D eigenvalue weighted by Crippen LogP contribution is -2.45. The molecule has 0 aliphatic rings. The summed E-state index contributed by atoms with van der Waals surface area (Å²) in [4.78, 5) is 24.7. The Morgan fingerprint density at radius 1 is 1.12 bits per heavy atom. The minimum Gasteiger partial charge on any atom is -0.460 e. The van der Waals surface area contributed by atoms with Crippen LogP contribution in [0.4, 0.5) is 10.5 Å². The van der Waals surface area contributed by atoms with Gasteiger partial charge in [-0.2, -0.15) is 0 Å². The van der Waals surface area contributed by atoms with E-state index in [9.17, 15) is 9.59 Å². The lowest BCUT2D eigenvalue weighted by Gasteiger charge is -2.29. The molecule has 2 atom stereocenters. The van der Waals surface area contributed by atoms with Crippen LogP contribution in [-0.4, -0.2) is 23.6 Å². The van der Waals surface area contributed by atoms with Gasteiger partial charge in [-0.15, -0.1) is 0 Å². The first-order valence-electron chi connectivity index (χ1n) is 8.54. The molecule has 0 heterocycles. The highest BCUT2D eigenvalue weighted by atomic mass is 79.9. The zero-order chi connectivity index (χ0) is 19.2. The Labute approximate surface area is 159 Å². The van der Waals surface area contributed by atoms with E-state index in [1.165, 1.54) is 0 Å². The Kier molecular flexibility index (Phi) is 7.93. The molecule has 5 nitrogen and oxygen atoms in total. The van der Waals surface area contributed by atoms with Crippen molar-refractivity contribution in [1.82, 2.24) is 5.32 Å². The van der Waals surface area contributed by atoms with Crippen molar-refractivity contribution in [2.45, 2.75) is 59.6 Å². The van der Waals surface area contributed by atoms with Crippen molar-refractivity contribution < 1.29 is 14.3 Å². The van der Waals surface area contributed by atoms with Gasteiger partial charge in [0.05, 0.1) is 5.92 Å². The average molecular weight is 413 g/mol. The third-order valence-electron chi connectivity index (χ3n) is 3.50. The number of carbonyl (C=O) groups is 2. The first kappa shape index (κ1) is 21.5. The van der Waals surface area contributed by atoms with Crippen molar-refractivity contribution in [2.24, 2.45) is 11.8 Å². The van der Waals surface area contributed by atoms with Gasteiger partial charge < -0.3 is 15.4 Å². The number of hydrogen-bond acceptors (Lipinski definition) is 3. The average Bonchev–Trinajstić information content (AvgIpc) is 2.44. The number of halogens is 1. The van der Waals surface area contributed by atoms with Gasteiger partial charge in [0.25, 0.3) is 0 Å². The summed E-state index contributed by atoms with van der Waals surface area (Å²) in [6, 6.07) is 6.62. The Hall–Kier alpha value is -1.56. The smallest absolute Gasteiger partial charge is 0.319 e. The van der Waals surface area contributed by atoms with Crippen LogP contribution in [0.25, 0.3) is 0 Å². The van der Waals surface area contributed by atoms with E-state index in [-0.39, 0.29) is 18.0 Å². The van der Waals surface area contributed by atoms with Gasteiger partial charge in [-0.1, -0.05) is 29.8 Å². The SMILES string of the molecule is CC(C)C[C@H](C(=O)OC(C)(C)C)[C@H](C)NC(=O)Nc1ccc(Br)cc1. The van der Waals surface area contributed by atoms with Crippen LogP contribution in [-0.2, 0) is 9.53 Å². The maximum Gasteiger partial charge on any atom is 0.319 e. The zero-order valence-electron chi connectivity index (χ0n) is 15.9. The summed E-state index contributed by atoms with van der Waals surface area (Å²) in [6.45, 7) is 11.5. The Bertz CT molecular complexity index is 579. The highest BCUT2D eigenvalue weighted by Crippen LogP contribution is 2.21. The molecule has 0 radical (unpaired) electrons. The standard InChI is InChI=1S/C19H29BrN2O3/c1-12(2)11-16(17(23)25-19(4,5)6)13(3)21-18(24)22-15-9-7-14(20)8-10-15/h7-10,12-13,16H,11H2,1-6H3,(H2,21,22,24)/t13-,16-/m0/s1. The number of carbonyl (C=O) groups excluding carboxylic acids is 2. The predicted octanol–water partition coefficient (Wildman–Crippen LogP) is 4.96. The molecule has 1 aromatic rings. The third kappa shape index (κ3) is 8.38. The van der Waals surface area contributed by atoms with Crippen LogP contribution in [0, 0.1) is 11.8 Å². The number of esters is 1. The van der Waals surface area contributed by atoms with Crippen LogP contribution >= 0.6 is 15.9 Å². The van der Waals surface area contributed by atoms with E-state index < -0.39 is 11.5 Å². The van der Waals surface area contributed by atoms with Gasteiger partial charge in [0.2, 0.25) is 0 Å². The molecule has 0 saturated carbocycles. The summed E-state index contributed by atoms with van der Waals surface area (Å²) < 4.78 is 6.46. The van der Waals surface area contributed by atoms with Gasteiger partial charge in [-0.05, 0) is 64.3 Å². The summed E-state index contributed by atoms with van der Waals surface area (Å²) in [5.41, 5.74) is 0.136. The molecule has 1 rings (SSSR count). The number of rotatable bonds is 6. The molecule has 140 valence electrons. The quantitative estimate of drug-likeness (QED) is 0.648. The van der Waals surface area contributed by atoms with E-state index >= 15 is 0 Å². The molecule has 0 aromatic heterocycles. The second-order valence-corrected chi connectivity index (χ2v) is 8.58. The second kappa shape index (κ2) is 9.22. The van der Waals surface area contributed by atoms with Crippen LogP contribution in [0.1, 0.15) is 48.0 Å². The number of urea groups is 1. The van der Waals surface area contributed by atoms with E-state index in [2.05, 4.69) is 26.6 Å². The van der Waals surface area contributed by atoms with Crippen molar-refractivity contribution in [3.05, 3.63) is 28.7 Å². The highest BCUT2D eigenvalue weighted by molar-refractivity contribution is 9.10. The fourth-order valence-corrected chi connectivity index (χ4v) is 2.66. The summed E-state index contributed by atoms with van der Waals surface area (Å²) in [6.07, 6.45) is 0.647. The van der Waals surface area contributed by atoms with Crippen LogP contribution < -0.4 is 10.6 Å². The Balaban J connectivity index is 2.72. The summed E-state index contributed by atoms with van der Waals surface area (Å²) in [7, 11) is 0. The fraction of sp³-hybridized carbons (Fsp3) is 0.579. The zero-order valence-corrected chi connectivity index (χ0v) is 17.4. The van der Waals surface area contributed by atoms with Gasteiger partial charge in [0.1, 0.15) is 5.60 Å². The molecule has 0 unspecified atom stereocenters. The molecule has 2 N–H and O–H groups in total. The normalized spacial score (nSPS) is 13.9. The van der Waals surface area contributed by atoms with Crippen LogP contribution in [0.2, 0.25) is 0 Å². The van der Waals surface area contributed by atoms with Gasteiger partial charge in [0.15, 0.2) is 0 Å². The van der Waals surface area contributed by atoms with E-state index in [0.29, 0.717) is 18.0 Å². The highest BCUT2D eigenvalue weighted by Gasteiger charge is 2.31. The van der Waals surface area contributed by atoms with Gasteiger partial charge in [0, 0.05) is 16.2 Å². The Morgan fingerprint density at radius 3 is 2.16 bits per heavy atom. The largest absolute Gasteiger partial charge is 0.460 e. The van der Waals surface area contributed by atoms with Crippen LogP contribution in [0.3, 0.4) is 0 Å². The maximum atomic E-state index is 12.5. The van der Waals surface area contributed by atoms with Gasteiger partial charge in [-0.25, -0.2) is 4.79 Å². The molecular weight excluding hydrogens is 384 g/mol. The molecule has 25 heavy (non-hydrogen) atoms. The first-order chi connectivity index (χ1) is 11.5. The second-order valence-electron chi connectivity index (χ2n) is 7.66. The third-order valence-corrected chi connectivity index (χ3v) is 4.03. The minimum atomic E-state index is -0.550. The molecule has 0 aliphatic heterocycles. The lowest BCUT2D eigenvalue weighted by atomic mass is 9.91. The molecule has 0 bridgehead atoms. The minimum absolute atomic E-state index is 0.280. The van der Waals surface area contributed by atoms with Crippen LogP contribution in [0.5, 0.6) is 0 Å². The monoisotopic (exact) mass is 412 g/mol. The summed E-state index contributed by atoms with van der Waals surface area (Å²) in [5, 5.41) is 5.62. The molecule has 0 saturated heterocycles. The van der Waals surface area contributed by atoms with Crippen LogP contribution in [0.15, 0.2) is 28.7 Å². The topological polar surface area (TPSA) is 67.4 Å². The molecule has 0 aliphatic carbocycles. The number of nitrogens with one attached hydrogen (secondary N) is 2. The number of amides is 2. The molecule has 6 heteroatoms. The van der Waals surface area contributed by atoms with E-state index in [0.717, 1.165) is 4.47 Å². The number of ether oxygens (including phenoxy) is 1. The predicted molar refractivity (Wildman–Crippen MR) is 105 cm³/mol. The molecule has 2 amide bonds. The first-order valence-corrected chi connectivity index (χ1v) is 9.33. The van der Waals surface area contributed by atoms with E-state index in [1.54, 1.807) is 12.1 Å². The molecule has 0 fully saturated rings. The Morgan fingerprint density at radius 2 is 1.68 bits per heavy atom. The van der Waals surface area contributed by atoms with Gasteiger partial charge >= 0.3 is 12.0 Å². The van der Waals surface area contributed by atoms with Crippen molar-refractivity contribution in [1.29, 1.82) is 0 Å². The maximum absolute atomic E-state index is 12.5. The van der Waals surface area contributed by atoms with Crippen molar-refractivity contribution in [3.63, 3.8) is 0 Å². The fourth-order valence-electron chi connectivity index (χ4n) is 2.40. The lowest BCUT2D eigenvalue weighted by molar-refractivity contribution is -0.161. The molecule has 1 aromatic carbocycles. The number of benzene rings is 1. The number of hydrogen-bond donors (Lipinski definition) is 2. The number of anilines is 1. The van der Waals surface area contributed by atoms with Gasteiger partial charge in [-0.3, -0.25) is 4.79 Å². The summed E-state index contributed by atoms with van der Waals surface area (Å²) >= 11 is 3.35. The van der Waals surface area contributed by atoms with Crippen molar-refractivity contribution >= 4 is 33.6 Å². The molecule has 0 spiro atoms. The van der Waals surface area contributed by atoms with Crippen molar-refractivity contribution in [3.8, 4) is 0 Å². The van der Waals surface area contributed by atoms with E-state index in [4.69, 9.17) is 4.74 Å². The summed E-state index contributed by atoms with van der Waals surface area (Å²) in [5.74, 6) is -0.358. The van der Waals surface area contributed by atoms with E-state index in [1.807, 2.05) is 53.7 Å².